The van der Waals surface area contributed by atoms with Crippen LogP contribution < -0.4 is 40.3 Å². The zero-order chi connectivity index (χ0) is 37.2. The van der Waals surface area contributed by atoms with Crippen molar-refractivity contribution in [2.75, 3.05) is 89.5 Å². The van der Waals surface area contributed by atoms with Gasteiger partial charge in [-0.15, -0.1) is 0 Å². The number of anilines is 2. The maximum absolute atomic E-state index is 15.0. The minimum absolute atomic E-state index is 0. The number of hydrogen-bond donors (Lipinski definition) is 0. The first-order valence-electron chi connectivity index (χ1n) is 17.1. The van der Waals surface area contributed by atoms with Gasteiger partial charge in [-0.25, -0.2) is 8.78 Å². The van der Waals surface area contributed by atoms with E-state index in [2.05, 4.69) is 9.80 Å². The van der Waals surface area contributed by atoms with Crippen molar-refractivity contribution in [3.63, 3.8) is 0 Å². The molecule has 0 amide bonds. The third-order valence-corrected chi connectivity index (χ3v) is 10.4. The zero-order valence-corrected chi connectivity index (χ0v) is 31.5. The molecule has 4 N–H and O–H groups in total. The number of piperazine rings is 2. The van der Waals surface area contributed by atoms with Gasteiger partial charge in [-0.1, -0.05) is 0 Å². The number of ether oxygens (including phenoxy) is 2. The van der Waals surface area contributed by atoms with E-state index in [-0.39, 0.29) is 64.1 Å². The van der Waals surface area contributed by atoms with Gasteiger partial charge in [-0.3, -0.25) is 9.59 Å². The predicted octanol–water partition coefficient (Wildman–Crippen LogP) is -1.23. The van der Waals surface area contributed by atoms with E-state index in [4.69, 9.17) is 9.47 Å². The molecule has 2 atom stereocenters. The Morgan fingerprint density at radius 2 is 0.982 bits per heavy atom. The van der Waals surface area contributed by atoms with Crippen molar-refractivity contribution in [3.8, 4) is 11.5 Å². The summed E-state index contributed by atoms with van der Waals surface area (Å²) in [6, 6.07) is 1.88. The van der Waals surface area contributed by atoms with E-state index in [1.165, 1.54) is 12.4 Å². The van der Waals surface area contributed by atoms with Gasteiger partial charge in [0.05, 0.1) is 57.0 Å². The molecular formula is C36H42CuF2N6O10. The summed E-state index contributed by atoms with van der Waals surface area (Å²) in [6.45, 7) is 10.00. The molecule has 0 aliphatic carbocycles. The predicted molar refractivity (Wildman–Crippen MR) is 192 cm³/mol. The Kier molecular flexibility index (Phi) is 12.9. The maximum atomic E-state index is 15.0. The summed E-state index contributed by atoms with van der Waals surface area (Å²) in [7, 11) is 4.02. The number of halogens is 2. The number of nitrogens with zero attached hydrogens (tertiary/aromatic N) is 6. The van der Waals surface area contributed by atoms with Crippen molar-refractivity contribution < 1.29 is 66.1 Å². The molecule has 2 aromatic heterocycles. The molecule has 19 heteroatoms. The Hall–Kier alpha value is -4.78. The van der Waals surface area contributed by atoms with Crippen LogP contribution in [-0.4, -0.2) is 121 Å². The van der Waals surface area contributed by atoms with Crippen molar-refractivity contribution >= 4 is 45.1 Å². The number of hydrogen-bond acceptors (Lipinski definition) is 12. The SMILES string of the molecule is C[C@H]1COc2c(N3CCN(C)CC3)c(F)cc3c(=O)c(C(=O)[O-])cn1c23.C[C@H]1COc2c(N3CCN(C)CC3)c(F)cc3c(=O)c(C(=O)[O-])cn1c23.O.O.[Cu+2]. The zero-order valence-electron chi connectivity index (χ0n) is 30.5. The molecule has 0 saturated carbocycles. The van der Waals surface area contributed by atoms with E-state index in [9.17, 15) is 38.2 Å². The number of aromatic nitrogens is 2. The molecule has 0 unspecified atom stereocenters. The standard InChI is InChI=1S/2C18H20FN3O4.Cu.2H2O/c2*1-10-9-26-17-14-11(16(23)12(18(24)25)8-22(10)14)7-13(19)15(17)21-5-3-20(2)4-6-21;;;/h2*7-8,10H,3-6,9H2,1-2H3,(H,24,25);;2*1H2/q;;+2;;/p-2/t2*10-;;;/m00.../s1. The monoisotopic (exact) mass is 819 g/mol. The number of likely N-dealkylation sites (N-methyl/N-ethyl adjacent to an activating group) is 2. The van der Waals surface area contributed by atoms with Crippen LogP contribution in [0.4, 0.5) is 20.2 Å². The quantitative estimate of drug-likeness (QED) is 0.221. The largest absolute Gasteiger partial charge is 2.00 e. The minimum Gasteiger partial charge on any atom is -0.545 e. The van der Waals surface area contributed by atoms with Crippen LogP contribution in [0.15, 0.2) is 34.1 Å². The van der Waals surface area contributed by atoms with Crippen LogP contribution >= 0.6 is 0 Å². The van der Waals surface area contributed by atoms with Gasteiger partial charge in [0.25, 0.3) is 0 Å². The topological polar surface area (TPSA) is 219 Å². The smallest absolute Gasteiger partial charge is 0.545 e. The van der Waals surface area contributed by atoms with Crippen molar-refractivity contribution in [1.82, 2.24) is 18.9 Å². The second-order valence-corrected chi connectivity index (χ2v) is 13.9. The molecule has 16 nitrogen and oxygen atoms in total. The van der Waals surface area contributed by atoms with Crippen molar-refractivity contribution in [1.29, 1.82) is 0 Å². The molecule has 6 heterocycles. The summed E-state index contributed by atoms with van der Waals surface area (Å²) in [4.78, 5) is 55.8. The molecule has 8 rings (SSSR count). The van der Waals surface area contributed by atoms with E-state index < -0.39 is 45.6 Å². The third kappa shape index (κ3) is 7.47. The number of pyridine rings is 2. The Balaban J connectivity index is 0.000000232. The fourth-order valence-electron chi connectivity index (χ4n) is 7.36. The van der Waals surface area contributed by atoms with E-state index in [0.717, 1.165) is 38.3 Å². The first-order valence-corrected chi connectivity index (χ1v) is 17.1. The Morgan fingerprint density at radius 3 is 1.29 bits per heavy atom. The first kappa shape index (κ1) is 43.0. The third-order valence-electron chi connectivity index (χ3n) is 10.4. The van der Waals surface area contributed by atoms with Gasteiger partial charge in [0.15, 0.2) is 34.0 Å². The molecule has 55 heavy (non-hydrogen) atoms. The van der Waals surface area contributed by atoms with Crippen LogP contribution in [0.1, 0.15) is 46.6 Å². The van der Waals surface area contributed by atoms with E-state index in [1.807, 2.05) is 37.7 Å². The molecule has 0 spiro atoms. The average molecular weight is 820 g/mol. The van der Waals surface area contributed by atoms with Gasteiger partial charge < -0.3 is 69.0 Å². The Bertz CT molecular complexity index is 2100. The summed E-state index contributed by atoms with van der Waals surface area (Å²) in [5.41, 5.74) is -0.882. The van der Waals surface area contributed by atoms with Crippen LogP contribution in [-0.2, 0) is 17.1 Å². The molecule has 4 aliphatic rings. The van der Waals surface area contributed by atoms with Crippen LogP contribution in [0, 0.1) is 11.6 Å². The first-order chi connectivity index (χ1) is 24.8. The van der Waals surface area contributed by atoms with Crippen LogP contribution in [0.3, 0.4) is 0 Å². The molecule has 2 saturated heterocycles. The number of rotatable bonds is 4. The van der Waals surface area contributed by atoms with Crippen molar-refractivity contribution in [2.45, 2.75) is 25.9 Å². The van der Waals surface area contributed by atoms with Crippen LogP contribution in [0.5, 0.6) is 11.5 Å². The minimum atomic E-state index is -1.57. The fourth-order valence-corrected chi connectivity index (χ4v) is 7.36. The molecule has 4 aromatic rings. The number of aromatic carboxylic acids is 2. The van der Waals surface area contributed by atoms with E-state index in [0.29, 0.717) is 60.1 Å². The fraction of sp³-hybridized carbons (Fsp3) is 0.444. The maximum Gasteiger partial charge on any atom is 2.00 e. The normalized spacial score (nSPS) is 19.2. The Morgan fingerprint density at radius 1 is 0.655 bits per heavy atom. The molecule has 1 radical (unpaired) electrons. The van der Waals surface area contributed by atoms with Gasteiger partial charge in [0.2, 0.25) is 0 Å². The summed E-state index contributed by atoms with van der Waals surface area (Å²) in [6.07, 6.45) is 2.56. The van der Waals surface area contributed by atoms with Gasteiger partial charge in [0, 0.05) is 64.8 Å². The second-order valence-electron chi connectivity index (χ2n) is 13.9. The molecule has 0 bridgehead atoms. The van der Waals surface area contributed by atoms with Gasteiger partial charge >= 0.3 is 17.1 Å². The number of benzene rings is 2. The summed E-state index contributed by atoms with van der Waals surface area (Å²) < 4.78 is 45.0. The average Bonchev–Trinajstić information content (AvgIpc) is 3.10. The molecule has 4 aliphatic heterocycles. The Labute approximate surface area is 324 Å². The summed E-state index contributed by atoms with van der Waals surface area (Å²) >= 11 is 0. The molecular weight excluding hydrogens is 778 g/mol. The van der Waals surface area contributed by atoms with Gasteiger partial charge in [-0.2, -0.15) is 0 Å². The van der Waals surface area contributed by atoms with Crippen LogP contribution in [0.2, 0.25) is 0 Å². The van der Waals surface area contributed by atoms with Crippen molar-refractivity contribution in [2.24, 2.45) is 0 Å². The van der Waals surface area contributed by atoms with Gasteiger partial charge in [0.1, 0.15) is 24.6 Å². The molecule has 2 aromatic carbocycles. The van der Waals surface area contributed by atoms with Crippen molar-refractivity contribution in [3.05, 3.63) is 67.7 Å². The summed E-state index contributed by atoms with van der Waals surface area (Å²) in [5.74, 6) is -3.67. The number of carboxylic acids is 2. The summed E-state index contributed by atoms with van der Waals surface area (Å²) in [5, 5.41) is 22.6. The number of carbonyl (C=O) groups excluding carboxylic acids is 2. The number of carboxylic acid groups (broad SMARTS) is 2. The van der Waals surface area contributed by atoms with Gasteiger partial charge in [-0.05, 0) is 40.1 Å². The second kappa shape index (κ2) is 16.5. The number of carbonyl (C=O) groups is 2. The molecule has 2 fully saturated rings. The van der Waals surface area contributed by atoms with E-state index >= 15 is 0 Å². The van der Waals surface area contributed by atoms with E-state index in [1.54, 1.807) is 9.13 Å². The van der Waals surface area contributed by atoms with Crippen LogP contribution in [0.25, 0.3) is 21.8 Å². The molecule has 301 valence electrons.